The number of nitrogens with zero attached hydrogens (tertiary/aromatic N) is 3. The number of hydrogen-bond donors (Lipinski definition) is 0. The quantitative estimate of drug-likeness (QED) is 0.365. The van der Waals surface area contributed by atoms with E-state index < -0.39 is 20.7 Å². The van der Waals surface area contributed by atoms with Gasteiger partial charge in [0.25, 0.3) is 5.91 Å². The van der Waals surface area contributed by atoms with Crippen molar-refractivity contribution < 1.29 is 18.1 Å². The Morgan fingerprint density at radius 3 is 2.67 bits per heavy atom. The number of aromatic nitrogens is 1. The van der Waals surface area contributed by atoms with E-state index in [1.807, 2.05) is 0 Å². The van der Waals surface area contributed by atoms with Gasteiger partial charge in [-0.15, -0.1) is 6.42 Å². The molecule has 0 bridgehead atoms. The van der Waals surface area contributed by atoms with Crippen LogP contribution in [0, 0.1) is 22.5 Å². The maximum absolute atomic E-state index is 12.4. The number of benzene rings is 1. The van der Waals surface area contributed by atoms with Crippen molar-refractivity contribution in [1.29, 1.82) is 0 Å². The first kappa shape index (κ1) is 19.0. The van der Waals surface area contributed by atoms with E-state index >= 15 is 0 Å². The highest BCUT2D eigenvalue weighted by Gasteiger charge is 2.16. The lowest BCUT2D eigenvalue weighted by molar-refractivity contribution is -0.380. The summed E-state index contributed by atoms with van der Waals surface area (Å²) >= 11 is 1.85. The summed E-state index contributed by atoms with van der Waals surface area (Å²) in [7, 11) is -3.38. The number of carbonyl (C=O) groups is 1. The minimum absolute atomic E-state index is 0.128. The molecule has 1 aromatic carbocycles. The lowest BCUT2D eigenvalue weighted by Crippen LogP contribution is -2.16. The third-order valence-electron chi connectivity index (χ3n) is 3.51. The number of fused-ring (bicyclic) bond motifs is 1. The number of hydrogen-bond acceptors (Lipinski definition) is 7. The molecule has 0 saturated heterocycles. The second-order valence-electron chi connectivity index (χ2n) is 5.39. The van der Waals surface area contributed by atoms with Crippen molar-refractivity contribution >= 4 is 53.6 Å². The van der Waals surface area contributed by atoms with Gasteiger partial charge in [-0.3, -0.25) is 14.9 Å². The van der Waals surface area contributed by atoms with Gasteiger partial charge in [-0.25, -0.2) is 8.42 Å². The summed E-state index contributed by atoms with van der Waals surface area (Å²) in [5.74, 6) is 1.84. The molecule has 0 radical (unpaired) electrons. The molecule has 138 valence electrons. The minimum Gasteiger partial charge on any atom is -0.305 e. The molecule has 3 rings (SSSR count). The SMILES string of the molecule is C#CCn1c(=NC(=O)c2ccc([N+](=O)[O-])s2)sc2cc(S(C)(=O)=O)ccc21. The fraction of sp³-hybridized carbons (Fsp3) is 0.125. The smallest absolute Gasteiger partial charge is 0.305 e. The highest BCUT2D eigenvalue weighted by Crippen LogP contribution is 2.25. The van der Waals surface area contributed by atoms with Crippen LogP contribution < -0.4 is 4.80 Å². The molecule has 2 heterocycles. The molecule has 0 N–H and O–H groups in total. The third kappa shape index (κ3) is 3.82. The number of amides is 1. The zero-order valence-corrected chi connectivity index (χ0v) is 16.2. The van der Waals surface area contributed by atoms with Crippen molar-refractivity contribution in [3.63, 3.8) is 0 Å². The lowest BCUT2D eigenvalue weighted by Gasteiger charge is -2.01. The van der Waals surface area contributed by atoms with Crippen LogP contribution >= 0.6 is 22.7 Å². The van der Waals surface area contributed by atoms with E-state index in [2.05, 4.69) is 10.9 Å². The Labute approximate surface area is 161 Å². The van der Waals surface area contributed by atoms with Crippen LogP contribution in [0.5, 0.6) is 0 Å². The molecule has 3 aromatic rings. The first-order valence-corrected chi connectivity index (χ1v) is 10.8. The van der Waals surface area contributed by atoms with E-state index in [4.69, 9.17) is 6.42 Å². The minimum atomic E-state index is -3.38. The highest BCUT2D eigenvalue weighted by atomic mass is 32.2. The Balaban J connectivity index is 2.15. The molecule has 0 aliphatic heterocycles. The van der Waals surface area contributed by atoms with E-state index in [0.717, 1.165) is 28.9 Å². The predicted octanol–water partition coefficient (Wildman–Crippen LogP) is 2.45. The Morgan fingerprint density at radius 1 is 1.33 bits per heavy atom. The molecule has 1 amide bonds. The summed E-state index contributed by atoms with van der Waals surface area (Å²) < 4.78 is 25.7. The van der Waals surface area contributed by atoms with Gasteiger partial charge in [0.05, 0.1) is 26.6 Å². The van der Waals surface area contributed by atoms with Gasteiger partial charge in [0.15, 0.2) is 14.6 Å². The molecule has 0 atom stereocenters. The normalized spacial score (nSPS) is 12.2. The molecule has 0 aliphatic rings. The second-order valence-corrected chi connectivity index (χ2v) is 9.48. The van der Waals surface area contributed by atoms with Crippen molar-refractivity contribution in [3.8, 4) is 12.3 Å². The van der Waals surface area contributed by atoms with Crippen molar-refractivity contribution in [3.05, 3.63) is 50.1 Å². The predicted molar refractivity (Wildman–Crippen MR) is 103 cm³/mol. The van der Waals surface area contributed by atoms with Gasteiger partial charge in [0.2, 0.25) is 0 Å². The number of rotatable bonds is 4. The first-order chi connectivity index (χ1) is 12.7. The zero-order valence-electron chi connectivity index (χ0n) is 13.8. The Bertz CT molecular complexity index is 1290. The van der Waals surface area contributed by atoms with Crippen LogP contribution in [0.1, 0.15) is 9.67 Å². The van der Waals surface area contributed by atoms with Gasteiger partial charge < -0.3 is 4.57 Å². The van der Waals surface area contributed by atoms with Crippen molar-refractivity contribution in [1.82, 2.24) is 4.57 Å². The fourth-order valence-electron chi connectivity index (χ4n) is 2.30. The molecule has 0 spiro atoms. The largest absolute Gasteiger partial charge is 0.324 e. The monoisotopic (exact) mass is 421 g/mol. The van der Waals surface area contributed by atoms with Gasteiger partial charge >= 0.3 is 5.00 Å². The van der Waals surface area contributed by atoms with Gasteiger partial charge in [-0.05, 0) is 24.3 Å². The van der Waals surface area contributed by atoms with Gasteiger partial charge in [-0.1, -0.05) is 28.6 Å². The van der Waals surface area contributed by atoms with E-state index in [1.54, 1.807) is 10.6 Å². The molecule has 0 unspecified atom stereocenters. The van der Waals surface area contributed by atoms with Crippen LogP contribution in [0.15, 0.2) is 40.2 Å². The van der Waals surface area contributed by atoms with Crippen molar-refractivity contribution in [2.75, 3.05) is 6.26 Å². The Hall–Kier alpha value is -2.81. The summed E-state index contributed by atoms with van der Waals surface area (Å²) in [6.07, 6.45) is 6.50. The molecule has 2 aromatic heterocycles. The number of thiophene rings is 1. The third-order valence-corrected chi connectivity index (χ3v) is 6.69. The molecule has 27 heavy (non-hydrogen) atoms. The van der Waals surface area contributed by atoms with Crippen molar-refractivity contribution in [2.24, 2.45) is 4.99 Å². The maximum atomic E-state index is 12.4. The van der Waals surface area contributed by atoms with Crippen LogP contribution in [-0.4, -0.2) is 30.1 Å². The molecular weight excluding hydrogens is 410 g/mol. The Morgan fingerprint density at radius 2 is 2.07 bits per heavy atom. The van der Waals surface area contributed by atoms with E-state index in [9.17, 15) is 23.3 Å². The summed E-state index contributed by atoms with van der Waals surface area (Å²) in [5, 5.41) is 10.6. The van der Waals surface area contributed by atoms with Crippen LogP contribution in [0.3, 0.4) is 0 Å². The molecular formula is C16H11N3O5S3. The van der Waals surface area contributed by atoms with Gasteiger partial charge in [0.1, 0.15) is 4.88 Å². The summed E-state index contributed by atoms with van der Waals surface area (Å²) in [4.78, 5) is 27.2. The molecule has 0 aliphatic carbocycles. The lowest BCUT2D eigenvalue weighted by atomic mass is 10.3. The molecule has 11 heteroatoms. The molecule has 0 fully saturated rings. The van der Waals surface area contributed by atoms with Crippen LogP contribution in [-0.2, 0) is 16.4 Å². The number of nitro groups is 1. The first-order valence-electron chi connectivity index (χ1n) is 7.31. The average molecular weight is 421 g/mol. The number of sulfone groups is 1. The van der Waals surface area contributed by atoms with Gasteiger partial charge in [0, 0.05) is 12.3 Å². The van der Waals surface area contributed by atoms with Crippen LogP contribution in [0.4, 0.5) is 5.00 Å². The zero-order chi connectivity index (χ0) is 19.8. The number of terminal acetylenes is 1. The second kappa shape index (κ2) is 7.07. The molecule has 0 saturated carbocycles. The fourth-order valence-corrected chi connectivity index (χ4v) is 4.79. The van der Waals surface area contributed by atoms with E-state index in [0.29, 0.717) is 10.2 Å². The highest BCUT2D eigenvalue weighted by molar-refractivity contribution is 7.90. The van der Waals surface area contributed by atoms with Crippen LogP contribution in [0.25, 0.3) is 10.2 Å². The van der Waals surface area contributed by atoms with Crippen molar-refractivity contribution in [2.45, 2.75) is 11.4 Å². The van der Waals surface area contributed by atoms with E-state index in [1.165, 1.54) is 24.3 Å². The summed E-state index contributed by atoms with van der Waals surface area (Å²) in [5.41, 5.74) is 0.647. The standard InChI is InChI=1S/C16H11N3O5S3/c1-3-8-18-11-5-4-10(27(2,23)24)9-13(11)26-16(18)17-15(20)12-6-7-14(25-12)19(21)22/h1,4-7,9H,8H2,2H3. The average Bonchev–Trinajstić information content (AvgIpc) is 3.20. The maximum Gasteiger partial charge on any atom is 0.324 e. The van der Waals surface area contributed by atoms with E-state index in [-0.39, 0.29) is 26.1 Å². The summed E-state index contributed by atoms with van der Waals surface area (Å²) in [6, 6.07) is 7.16. The topological polar surface area (TPSA) is 112 Å². The number of thiazole rings is 1. The van der Waals surface area contributed by atoms with Gasteiger partial charge in [-0.2, -0.15) is 4.99 Å². The Kier molecular flexibility index (Phi) is 4.97. The summed E-state index contributed by atoms with van der Waals surface area (Å²) in [6.45, 7) is 0.134. The molecule has 8 nitrogen and oxygen atoms in total. The van der Waals surface area contributed by atoms with Crippen LogP contribution in [0.2, 0.25) is 0 Å². The number of carbonyl (C=O) groups excluding carboxylic acids is 1.